The molecule has 0 spiro atoms. The Morgan fingerprint density at radius 2 is 2.29 bits per heavy atom. The van der Waals surface area contributed by atoms with Crippen molar-refractivity contribution in [1.29, 1.82) is 5.26 Å². The molecule has 0 fully saturated rings. The average molecular weight is 234 g/mol. The van der Waals surface area contributed by atoms with Crippen molar-refractivity contribution in [1.82, 2.24) is 4.98 Å². The molecule has 0 aromatic carbocycles. The number of aliphatic hydroxyl groups excluding tert-OH is 1. The fourth-order valence-electron chi connectivity index (χ4n) is 1.57. The highest BCUT2D eigenvalue weighted by atomic mass is 16.3. The summed E-state index contributed by atoms with van der Waals surface area (Å²) in [7, 11) is 0. The second-order valence-corrected chi connectivity index (χ2v) is 4.24. The molecule has 1 rings (SSSR count). The smallest absolute Gasteiger partial charge is 0.150 e. The lowest BCUT2D eigenvalue weighted by Gasteiger charge is -2.22. The Kier molecular flexibility index (Phi) is 4.73. The lowest BCUT2D eigenvalue weighted by atomic mass is 10.0. The summed E-state index contributed by atoms with van der Waals surface area (Å²) in [6.45, 7) is 4.21. The van der Waals surface area contributed by atoms with Gasteiger partial charge in [0.2, 0.25) is 0 Å². The molecule has 0 radical (unpaired) electrons. The number of hydrogen-bond donors (Lipinski definition) is 3. The van der Waals surface area contributed by atoms with Crippen molar-refractivity contribution in [2.24, 2.45) is 5.92 Å². The van der Waals surface area contributed by atoms with Gasteiger partial charge in [0.1, 0.15) is 6.07 Å². The van der Waals surface area contributed by atoms with Crippen LogP contribution in [0, 0.1) is 17.2 Å². The number of pyridine rings is 1. The number of nitriles is 1. The van der Waals surface area contributed by atoms with Crippen LogP contribution in [0.5, 0.6) is 0 Å². The number of nitrogens with zero attached hydrogens (tertiary/aromatic N) is 2. The highest BCUT2D eigenvalue weighted by molar-refractivity contribution is 5.69. The van der Waals surface area contributed by atoms with Crippen molar-refractivity contribution in [3.63, 3.8) is 0 Å². The molecule has 92 valence electrons. The lowest BCUT2D eigenvalue weighted by molar-refractivity contribution is 0.267. The van der Waals surface area contributed by atoms with E-state index in [0.29, 0.717) is 29.4 Å². The SMILES string of the molecule is CC(C)C(CCO)Nc1nccc(C#N)c1N. The van der Waals surface area contributed by atoms with Crippen molar-refractivity contribution in [2.75, 3.05) is 17.7 Å². The van der Waals surface area contributed by atoms with Gasteiger partial charge in [-0.2, -0.15) is 5.26 Å². The summed E-state index contributed by atoms with van der Waals surface area (Å²) >= 11 is 0. The topological polar surface area (TPSA) is 95.0 Å². The van der Waals surface area contributed by atoms with Crippen molar-refractivity contribution in [3.8, 4) is 6.07 Å². The molecule has 0 saturated carbocycles. The van der Waals surface area contributed by atoms with E-state index < -0.39 is 0 Å². The Hall–Kier alpha value is -1.80. The molecule has 0 bridgehead atoms. The Morgan fingerprint density at radius 1 is 1.59 bits per heavy atom. The normalized spacial score (nSPS) is 12.2. The van der Waals surface area contributed by atoms with Gasteiger partial charge in [0.25, 0.3) is 0 Å². The molecule has 5 nitrogen and oxygen atoms in total. The summed E-state index contributed by atoms with van der Waals surface area (Å²) in [4.78, 5) is 4.12. The van der Waals surface area contributed by atoms with Gasteiger partial charge >= 0.3 is 0 Å². The van der Waals surface area contributed by atoms with E-state index in [1.165, 1.54) is 0 Å². The van der Waals surface area contributed by atoms with Gasteiger partial charge in [0.05, 0.1) is 11.3 Å². The summed E-state index contributed by atoms with van der Waals surface area (Å²) in [6, 6.07) is 3.68. The van der Waals surface area contributed by atoms with Gasteiger partial charge in [-0.3, -0.25) is 0 Å². The zero-order chi connectivity index (χ0) is 12.8. The van der Waals surface area contributed by atoms with Crippen LogP contribution in [0.2, 0.25) is 0 Å². The van der Waals surface area contributed by atoms with E-state index in [0.717, 1.165) is 0 Å². The van der Waals surface area contributed by atoms with E-state index in [4.69, 9.17) is 16.1 Å². The second-order valence-electron chi connectivity index (χ2n) is 4.24. The van der Waals surface area contributed by atoms with E-state index >= 15 is 0 Å². The van der Waals surface area contributed by atoms with Crippen molar-refractivity contribution in [2.45, 2.75) is 26.3 Å². The molecule has 1 aromatic rings. The number of nitrogens with two attached hydrogens (primary N) is 1. The summed E-state index contributed by atoms with van der Waals surface area (Å²) in [5.41, 5.74) is 6.60. The third kappa shape index (κ3) is 3.33. The fraction of sp³-hybridized carbons (Fsp3) is 0.500. The van der Waals surface area contributed by atoms with Crippen LogP contribution < -0.4 is 11.1 Å². The van der Waals surface area contributed by atoms with Crippen LogP contribution in [0.15, 0.2) is 12.3 Å². The van der Waals surface area contributed by atoms with Gasteiger partial charge in [0, 0.05) is 18.8 Å². The molecule has 5 heteroatoms. The molecule has 0 amide bonds. The first-order chi connectivity index (χ1) is 8.10. The molecule has 0 aliphatic rings. The quantitative estimate of drug-likeness (QED) is 0.715. The lowest BCUT2D eigenvalue weighted by Crippen LogP contribution is -2.27. The number of hydrogen-bond acceptors (Lipinski definition) is 5. The van der Waals surface area contributed by atoms with Gasteiger partial charge in [-0.25, -0.2) is 4.98 Å². The number of aromatic nitrogens is 1. The number of anilines is 2. The first-order valence-corrected chi connectivity index (χ1v) is 5.62. The van der Waals surface area contributed by atoms with Crippen molar-refractivity contribution < 1.29 is 5.11 Å². The Labute approximate surface area is 101 Å². The minimum Gasteiger partial charge on any atom is -0.396 e. The van der Waals surface area contributed by atoms with Gasteiger partial charge in [-0.15, -0.1) is 0 Å². The fourth-order valence-corrected chi connectivity index (χ4v) is 1.57. The molecule has 0 saturated heterocycles. The van der Waals surface area contributed by atoms with Gasteiger partial charge in [-0.05, 0) is 18.4 Å². The second kappa shape index (κ2) is 6.06. The third-order valence-electron chi connectivity index (χ3n) is 2.68. The maximum atomic E-state index is 8.99. The van der Waals surface area contributed by atoms with Crippen LogP contribution in [0.3, 0.4) is 0 Å². The van der Waals surface area contributed by atoms with Crippen LogP contribution in [-0.4, -0.2) is 22.7 Å². The van der Waals surface area contributed by atoms with Crippen LogP contribution in [0.1, 0.15) is 25.8 Å². The number of rotatable bonds is 5. The van der Waals surface area contributed by atoms with E-state index in [9.17, 15) is 0 Å². The number of nitrogen functional groups attached to an aromatic ring is 1. The van der Waals surface area contributed by atoms with Gasteiger partial charge in [-0.1, -0.05) is 13.8 Å². The highest BCUT2D eigenvalue weighted by Gasteiger charge is 2.15. The summed E-state index contributed by atoms with van der Waals surface area (Å²) in [5.74, 6) is 0.852. The minimum absolute atomic E-state index is 0.0868. The van der Waals surface area contributed by atoms with Crippen LogP contribution in [0.25, 0.3) is 0 Å². The predicted octanol–water partition coefficient (Wildman–Crippen LogP) is 1.35. The highest BCUT2D eigenvalue weighted by Crippen LogP contribution is 2.22. The maximum absolute atomic E-state index is 8.99. The van der Waals surface area contributed by atoms with Crippen LogP contribution >= 0.6 is 0 Å². The molecule has 1 unspecified atom stereocenters. The van der Waals surface area contributed by atoms with E-state index in [1.807, 2.05) is 6.07 Å². The first kappa shape index (κ1) is 13.3. The van der Waals surface area contributed by atoms with E-state index in [1.54, 1.807) is 12.3 Å². The third-order valence-corrected chi connectivity index (χ3v) is 2.68. The largest absolute Gasteiger partial charge is 0.396 e. The molecule has 0 aliphatic heterocycles. The zero-order valence-electron chi connectivity index (χ0n) is 10.1. The monoisotopic (exact) mass is 234 g/mol. The van der Waals surface area contributed by atoms with Gasteiger partial charge < -0.3 is 16.2 Å². The maximum Gasteiger partial charge on any atom is 0.150 e. The summed E-state index contributed by atoms with van der Waals surface area (Å²) < 4.78 is 0. The van der Waals surface area contributed by atoms with E-state index in [2.05, 4.69) is 24.1 Å². The predicted molar refractivity (Wildman–Crippen MR) is 67.3 cm³/mol. The summed E-state index contributed by atoms with van der Waals surface area (Å²) in [5, 5.41) is 21.0. The first-order valence-electron chi connectivity index (χ1n) is 5.62. The Morgan fingerprint density at radius 3 is 2.82 bits per heavy atom. The molecular formula is C12H18N4O. The van der Waals surface area contributed by atoms with Gasteiger partial charge in [0.15, 0.2) is 5.82 Å². The van der Waals surface area contributed by atoms with E-state index in [-0.39, 0.29) is 12.6 Å². The van der Waals surface area contributed by atoms with Crippen molar-refractivity contribution in [3.05, 3.63) is 17.8 Å². The number of aliphatic hydroxyl groups is 1. The Bertz CT molecular complexity index is 411. The Balaban J connectivity index is 2.90. The molecule has 1 atom stereocenters. The van der Waals surface area contributed by atoms with Crippen LogP contribution in [0.4, 0.5) is 11.5 Å². The zero-order valence-corrected chi connectivity index (χ0v) is 10.1. The summed E-state index contributed by atoms with van der Waals surface area (Å²) in [6.07, 6.45) is 2.17. The minimum atomic E-state index is 0.0868. The molecule has 17 heavy (non-hydrogen) atoms. The molecule has 1 heterocycles. The standard InChI is InChI=1S/C12H18N4O/c1-8(2)10(4-6-17)16-12-11(14)9(7-13)3-5-15-12/h3,5,8,10,17H,4,6,14H2,1-2H3,(H,15,16). The molecule has 0 aliphatic carbocycles. The number of nitrogens with one attached hydrogen (secondary N) is 1. The van der Waals surface area contributed by atoms with Crippen LogP contribution in [-0.2, 0) is 0 Å². The molecule has 1 aromatic heterocycles. The molecule has 4 N–H and O–H groups in total. The average Bonchev–Trinajstić information content (AvgIpc) is 2.30. The molecular weight excluding hydrogens is 216 g/mol. The van der Waals surface area contributed by atoms with Crippen molar-refractivity contribution >= 4 is 11.5 Å².